The van der Waals surface area contributed by atoms with Crippen molar-refractivity contribution in [3.05, 3.63) is 35.6 Å². The minimum Gasteiger partial charge on any atom is -0.342 e. The van der Waals surface area contributed by atoms with Crippen molar-refractivity contribution in [2.45, 2.75) is 57.4 Å². The van der Waals surface area contributed by atoms with Gasteiger partial charge in [0.1, 0.15) is 5.82 Å². The van der Waals surface area contributed by atoms with E-state index in [9.17, 15) is 9.18 Å². The number of halogens is 1. The lowest BCUT2D eigenvalue weighted by atomic mass is 9.88. The fourth-order valence-electron chi connectivity index (χ4n) is 4.78. The molecule has 0 N–H and O–H groups in total. The predicted molar refractivity (Wildman–Crippen MR) is 99.0 cm³/mol. The first-order valence-corrected chi connectivity index (χ1v) is 9.90. The molecule has 2 fully saturated rings. The van der Waals surface area contributed by atoms with Crippen LogP contribution in [0.3, 0.4) is 0 Å². The van der Waals surface area contributed by atoms with Gasteiger partial charge in [0, 0.05) is 32.2 Å². The van der Waals surface area contributed by atoms with Crippen LogP contribution < -0.4 is 0 Å². The van der Waals surface area contributed by atoms with Crippen LogP contribution in [0.4, 0.5) is 4.39 Å². The van der Waals surface area contributed by atoms with Crippen LogP contribution in [-0.2, 0) is 4.79 Å². The van der Waals surface area contributed by atoms with Gasteiger partial charge in [-0.2, -0.15) is 0 Å². The second-order valence-electron chi connectivity index (χ2n) is 7.73. The van der Waals surface area contributed by atoms with Crippen molar-refractivity contribution >= 4 is 6.41 Å². The molecule has 3 rings (SSSR count). The average molecular weight is 346 g/mol. The van der Waals surface area contributed by atoms with Crippen molar-refractivity contribution in [1.29, 1.82) is 0 Å². The molecule has 0 bridgehead atoms. The summed E-state index contributed by atoms with van der Waals surface area (Å²) in [6.07, 6.45) is 7.89. The summed E-state index contributed by atoms with van der Waals surface area (Å²) in [6, 6.07) is 7.60. The van der Waals surface area contributed by atoms with E-state index in [1.54, 1.807) is 6.07 Å². The highest BCUT2D eigenvalue weighted by atomic mass is 19.1. The molecule has 1 saturated heterocycles. The first-order chi connectivity index (χ1) is 12.2. The number of amides is 1. The molecule has 1 heterocycles. The molecule has 2 atom stereocenters. The molecule has 0 spiro atoms. The Balaban J connectivity index is 1.53. The largest absolute Gasteiger partial charge is 0.342 e. The van der Waals surface area contributed by atoms with E-state index in [1.807, 2.05) is 11.0 Å². The maximum absolute atomic E-state index is 13.6. The van der Waals surface area contributed by atoms with Gasteiger partial charge in [0.15, 0.2) is 0 Å². The molecular weight excluding hydrogens is 315 g/mol. The summed E-state index contributed by atoms with van der Waals surface area (Å²) in [5.41, 5.74) is 1.17. The monoisotopic (exact) mass is 346 g/mol. The van der Waals surface area contributed by atoms with Crippen molar-refractivity contribution in [2.24, 2.45) is 5.92 Å². The van der Waals surface area contributed by atoms with E-state index in [4.69, 9.17) is 0 Å². The minimum atomic E-state index is -0.117. The van der Waals surface area contributed by atoms with Crippen LogP contribution in [0, 0.1) is 11.7 Å². The molecule has 0 aromatic heterocycles. The number of hydrogen-bond acceptors (Lipinski definition) is 2. The Labute approximate surface area is 151 Å². The lowest BCUT2D eigenvalue weighted by Crippen LogP contribution is -2.46. The van der Waals surface area contributed by atoms with Gasteiger partial charge in [-0.3, -0.25) is 4.79 Å². The number of nitrogens with zero attached hydrogens (tertiary/aromatic N) is 2. The minimum absolute atomic E-state index is 0.117. The van der Waals surface area contributed by atoms with E-state index in [-0.39, 0.29) is 5.82 Å². The van der Waals surface area contributed by atoms with E-state index >= 15 is 0 Å². The summed E-state index contributed by atoms with van der Waals surface area (Å²) in [6.45, 7) is 6.26. The van der Waals surface area contributed by atoms with E-state index in [1.165, 1.54) is 30.9 Å². The molecule has 0 radical (unpaired) electrons. The topological polar surface area (TPSA) is 23.6 Å². The van der Waals surface area contributed by atoms with Crippen LogP contribution in [0.25, 0.3) is 0 Å². The Hall–Kier alpha value is -1.42. The second kappa shape index (κ2) is 8.79. The van der Waals surface area contributed by atoms with Crippen LogP contribution >= 0.6 is 0 Å². The van der Waals surface area contributed by atoms with Crippen molar-refractivity contribution in [1.82, 2.24) is 9.80 Å². The van der Waals surface area contributed by atoms with Crippen LogP contribution in [0.2, 0.25) is 0 Å². The molecule has 1 aromatic carbocycles. The molecule has 2 aliphatic rings. The lowest BCUT2D eigenvalue weighted by Gasteiger charge is -2.38. The first-order valence-electron chi connectivity index (χ1n) is 9.90. The highest BCUT2D eigenvalue weighted by Crippen LogP contribution is 2.40. The SMILES string of the molecule is CCCN(C=O)C1CCN(CC2CCCC2c2cccc(F)c2)CC1. The summed E-state index contributed by atoms with van der Waals surface area (Å²) in [5.74, 6) is 1.02. The van der Waals surface area contributed by atoms with Crippen molar-refractivity contribution in [3.8, 4) is 0 Å². The molecule has 1 aliphatic heterocycles. The third kappa shape index (κ3) is 4.60. The van der Waals surface area contributed by atoms with Gasteiger partial charge in [-0.15, -0.1) is 0 Å². The van der Waals surface area contributed by atoms with Crippen LogP contribution in [0.15, 0.2) is 24.3 Å². The van der Waals surface area contributed by atoms with Gasteiger partial charge in [-0.05, 0) is 61.6 Å². The molecule has 3 nitrogen and oxygen atoms in total. The summed E-state index contributed by atoms with van der Waals surface area (Å²) in [5, 5.41) is 0. The van der Waals surface area contributed by atoms with Crippen molar-refractivity contribution in [2.75, 3.05) is 26.2 Å². The van der Waals surface area contributed by atoms with Gasteiger partial charge in [0.2, 0.25) is 6.41 Å². The van der Waals surface area contributed by atoms with E-state index in [0.29, 0.717) is 17.9 Å². The number of benzene rings is 1. The Morgan fingerprint density at radius 3 is 2.72 bits per heavy atom. The smallest absolute Gasteiger partial charge is 0.209 e. The number of carbonyl (C=O) groups is 1. The van der Waals surface area contributed by atoms with Gasteiger partial charge >= 0.3 is 0 Å². The predicted octanol–water partition coefficient (Wildman–Crippen LogP) is 4.04. The zero-order chi connectivity index (χ0) is 17.6. The summed E-state index contributed by atoms with van der Waals surface area (Å²) >= 11 is 0. The molecule has 1 aliphatic carbocycles. The number of rotatable bonds is 7. The Kier molecular flexibility index (Phi) is 6.46. The summed E-state index contributed by atoms with van der Waals surface area (Å²) in [4.78, 5) is 15.8. The molecule has 138 valence electrons. The van der Waals surface area contributed by atoms with Gasteiger partial charge in [0.25, 0.3) is 0 Å². The quantitative estimate of drug-likeness (QED) is 0.696. The van der Waals surface area contributed by atoms with Gasteiger partial charge < -0.3 is 9.80 Å². The fourth-order valence-corrected chi connectivity index (χ4v) is 4.78. The third-order valence-corrected chi connectivity index (χ3v) is 6.07. The van der Waals surface area contributed by atoms with E-state index in [2.05, 4.69) is 17.9 Å². The Morgan fingerprint density at radius 1 is 1.24 bits per heavy atom. The zero-order valence-electron chi connectivity index (χ0n) is 15.4. The highest BCUT2D eigenvalue weighted by molar-refractivity contribution is 5.47. The summed E-state index contributed by atoms with van der Waals surface area (Å²) < 4.78 is 13.6. The standard InChI is InChI=1S/C21H31FN2O/c1-2-11-24(16-25)20-9-12-23(13-10-20)15-18-6-4-8-21(18)17-5-3-7-19(22)14-17/h3,5,7,14,16,18,20-21H,2,4,6,8-13,15H2,1H3. The highest BCUT2D eigenvalue weighted by Gasteiger charge is 2.32. The molecule has 1 amide bonds. The van der Waals surface area contributed by atoms with Crippen LogP contribution in [0.1, 0.15) is 56.9 Å². The second-order valence-corrected chi connectivity index (χ2v) is 7.73. The van der Waals surface area contributed by atoms with Gasteiger partial charge in [-0.1, -0.05) is 25.5 Å². The normalized spacial score (nSPS) is 25.2. The third-order valence-electron chi connectivity index (χ3n) is 6.07. The summed E-state index contributed by atoms with van der Waals surface area (Å²) in [7, 11) is 0. The Bertz CT molecular complexity index is 557. The molecular formula is C21H31FN2O. The molecule has 25 heavy (non-hydrogen) atoms. The van der Waals surface area contributed by atoms with Gasteiger partial charge in [-0.25, -0.2) is 4.39 Å². The zero-order valence-corrected chi connectivity index (χ0v) is 15.4. The van der Waals surface area contributed by atoms with Crippen LogP contribution in [0.5, 0.6) is 0 Å². The lowest BCUT2D eigenvalue weighted by molar-refractivity contribution is -0.121. The fraction of sp³-hybridized carbons (Fsp3) is 0.667. The number of hydrogen-bond donors (Lipinski definition) is 0. The Morgan fingerprint density at radius 2 is 2.04 bits per heavy atom. The maximum atomic E-state index is 13.6. The maximum Gasteiger partial charge on any atom is 0.209 e. The van der Waals surface area contributed by atoms with E-state index < -0.39 is 0 Å². The van der Waals surface area contributed by atoms with Crippen molar-refractivity contribution < 1.29 is 9.18 Å². The van der Waals surface area contributed by atoms with E-state index in [0.717, 1.165) is 51.9 Å². The first kappa shape index (κ1) is 18.4. The number of carbonyl (C=O) groups excluding carboxylic acids is 1. The van der Waals surface area contributed by atoms with Gasteiger partial charge in [0.05, 0.1) is 0 Å². The molecule has 4 heteroatoms. The van der Waals surface area contributed by atoms with Crippen molar-refractivity contribution in [3.63, 3.8) is 0 Å². The number of piperidine rings is 1. The molecule has 1 saturated carbocycles. The average Bonchev–Trinajstić information content (AvgIpc) is 3.09. The molecule has 2 unspecified atom stereocenters. The van der Waals surface area contributed by atoms with Crippen LogP contribution in [-0.4, -0.2) is 48.4 Å². The molecule has 1 aromatic rings. The number of likely N-dealkylation sites (tertiary alicyclic amines) is 1.